The van der Waals surface area contributed by atoms with Crippen molar-refractivity contribution in [1.29, 1.82) is 0 Å². The van der Waals surface area contributed by atoms with Gasteiger partial charge < -0.3 is 10.6 Å². The van der Waals surface area contributed by atoms with Gasteiger partial charge >= 0.3 is 0 Å². The number of anilines is 1. The second-order valence-electron chi connectivity index (χ2n) is 4.80. The van der Waals surface area contributed by atoms with Crippen molar-refractivity contribution >= 4 is 28.8 Å². The van der Waals surface area contributed by atoms with Gasteiger partial charge in [-0.1, -0.05) is 38.2 Å². The number of rotatable bonds is 5. The molecular weight excluding hydrogens is 244 g/mol. The quantitative estimate of drug-likeness (QED) is 0.832. The smallest absolute Gasteiger partial charge is 0.226 e. The van der Waals surface area contributed by atoms with Gasteiger partial charge in [0, 0.05) is 24.7 Å². The minimum absolute atomic E-state index is 0.115. The van der Waals surface area contributed by atoms with Crippen molar-refractivity contribution in [2.45, 2.75) is 26.7 Å². The fourth-order valence-corrected chi connectivity index (χ4v) is 1.72. The summed E-state index contributed by atoms with van der Waals surface area (Å²) in [5, 5.41) is 0. The van der Waals surface area contributed by atoms with Gasteiger partial charge in [0.25, 0.3) is 0 Å². The zero-order valence-electron chi connectivity index (χ0n) is 11.1. The highest BCUT2D eigenvalue weighted by Gasteiger charge is 2.12. The lowest BCUT2D eigenvalue weighted by Gasteiger charge is -2.18. The minimum atomic E-state index is 0.115. The molecule has 2 N–H and O–H groups in total. The summed E-state index contributed by atoms with van der Waals surface area (Å²) < 4.78 is 0. The van der Waals surface area contributed by atoms with Gasteiger partial charge in [0.05, 0.1) is 0 Å². The summed E-state index contributed by atoms with van der Waals surface area (Å²) in [6.07, 6.45) is 1.46. The molecule has 0 spiro atoms. The fourth-order valence-electron chi connectivity index (χ4n) is 1.59. The molecule has 1 aromatic rings. The van der Waals surface area contributed by atoms with Crippen LogP contribution in [0.15, 0.2) is 24.3 Å². The third-order valence-corrected chi connectivity index (χ3v) is 3.06. The van der Waals surface area contributed by atoms with Crippen molar-refractivity contribution in [3.8, 4) is 0 Å². The largest absolute Gasteiger partial charge is 0.389 e. The first kappa shape index (κ1) is 14.6. The lowest BCUT2D eigenvalue weighted by atomic mass is 10.1. The number of nitrogens with zero attached hydrogens (tertiary/aromatic N) is 1. The SMILES string of the molecule is CC(C)CCC(=O)N(C)c1cccc(C(N)=S)c1. The van der Waals surface area contributed by atoms with Crippen molar-refractivity contribution in [1.82, 2.24) is 0 Å². The highest BCUT2D eigenvalue weighted by atomic mass is 32.1. The maximum atomic E-state index is 12.0. The molecule has 0 aliphatic rings. The minimum Gasteiger partial charge on any atom is -0.389 e. The number of amides is 1. The van der Waals surface area contributed by atoms with Gasteiger partial charge in [-0.3, -0.25) is 4.79 Å². The van der Waals surface area contributed by atoms with Crippen molar-refractivity contribution in [3.05, 3.63) is 29.8 Å². The monoisotopic (exact) mass is 264 g/mol. The Bertz CT molecular complexity index is 443. The lowest BCUT2D eigenvalue weighted by Crippen LogP contribution is -2.26. The molecule has 4 heteroatoms. The van der Waals surface area contributed by atoms with Gasteiger partial charge in [-0.05, 0) is 24.5 Å². The van der Waals surface area contributed by atoms with E-state index in [0.717, 1.165) is 17.7 Å². The van der Waals surface area contributed by atoms with E-state index in [1.807, 2.05) is 24.3 Å². The third-order valence-electron chi connectivity index (χ3n) is 2.83. The van der Waals surface area contributed by atoms with E-state index in [-0.39, 0.29) is 5.91 Å². The first-order valence-corrected chi connectivity index (χ1v) is 6.49. The van der Waals surface area contributed by atoms with E-state index < -0.39 is 0 Å². The standard InChI is InChI=1S/C14H20N2OS/c1-10(2)7-8-13(17)16(3)12-6-4-5-11(9-12)14(15)18/h4-6,9-10H,7-8H2,1-3H3,(H2,15,18). The summed E-state index contributed by atoms with van der Waals surface area (Å²) in [5.41, 5.74) is 7.20. The highest BCUT2D eigenvalue weighted by Crippen LogP contribution is 2.17. The van der Waals surface area contributed by atoms with Crippen LogP contribution in [0, 0.1) is 5.92 Å². The zero-order valence-corrected chi connectivity index (χ0v) is 12.0. The highest BCUT2D eigenvalue weighted by molar-refractivity contribution is 7.80. The van der Waals surface area contributed by atoms with E-state index in [1.165, 1.54) is 0 Å². The van der Waals surface area contributed by atoms with Crippen LogP contribution in [0.1, 0.15) is 32.3 Å². The Labute approximate surface area is 114 Å². The Balaban J connectivity index is 2.77. The first-order valence-electron chi connectivity index (χ1n) is 6.08. The molecule has 3 nitrogen and oxygen atoms in total. The maximum Gasteiger partial charge on any atom is 0.226 e. The second kappa shape index (κ2) is 6.50. The normalized spacial score (nSPS) is 10.4. The van der Waals surface area contributed by atoms with E-state index in [4.69, 9.17) is 18.0 Å². The Morgan fingerprint density at radius 2 is 2.11 bits per heavy atom. The molecule has 0 fully saturated rings. The van der Waals surface area contributed by atoms with Gasteiger partial charge in [0.2, 0.25) is 5.91 Å². The average Bonchev–Trinajstić information content (AvgIpc) is 2.35. The van der Waals surface area contributed by atoms with E-state index in [9.17, 15) is 4.79 Å². The topological polar surface area (TPSA) is 46.3 Å². The van der Waals surface area contributed by atoms with Gasteiger partial charge in [0.1, 0.15) is 4.99 Å². The molecule has 98 valence electrons. The summed E-state index contributed by atoms with van der Waals surface area (Å²) >= 11 is 4.93. The molecule has 1 aromatic carbocycles. The van der Waals surface area contributed by atoms with Crippen LogP contribution >= 0.6 is 12.2 Å². The lowest BCUT2D eigenvalue weighted by molar-refractivity contribution is -0.118. The molecule has 0 atom stereocenters. The number of hydrogen-bond acceptors (Lipinski definition) is 2. The molecule has 0 bridgehead atoms. The van der Waals surface area contributed by atoms with Crippen molar-refractivity contribution in [2.75, 3.05) is 11.9 Å². The average molecular weight is 264 g/mol. The molecule has 0 aliphatic heterocycles. The molecule has 0 heterocycles. The van der Waals surface area contributed by atoms with E-state index in [1.54, 1.807) is 11.9 Å². The summed E-state index contributed by atoms with van der Waals surface area (Å²) in [4.78, 5) is 14.0. The van der Waals surface area contributed by atoms with Gasteiger partial charge in [0.15, 0.2) is 0 Å². The molecule has 0 radical (unpaired) electrons. The molecule has 0 saturated carbocycles. The molecule has 1 rings (SSSR count). The van der Waals surface area contributed by atoms with Crippen LogP contribution in [-0.2, 0) is 4.79 Å². The fraction of sp³-hybridized carbons (Fsp3) is 0.429. The molecule has 1 amide bonds. The van der Waals surface area contributed by atoms with Crippen LogP contribution in [0.2, 0.25) is 0 Å². The van der Waals surface area contributed by atoms with Gasteiger partial charge in [-0.15, -0.1) is 0 Å². The van der Waals surface area contributed by atoms with Gasteiger partial charge in [-0.2, -0.15) is 0 Å². The zero-order chi connectivity index (χ0) is 13.7. The first-order chi connectivity index (χ1) is 8.41. The number of hydrogen-bond donors (Lipinski definition) is 1. The number of carbonyl (C=O) groups is 1. The molecule has 0 aliphatic carbocycles. The van der Waals surface area contributed by atoms with Crippen LogP contribution in [0.25, 0.3) is 0 Å². The van der Waals surface area contributed by atoms with E-state index >= 15 is 0 Å². The summed E-state index contributed by atoms with van der Waals surface area (Å²) in [7, 11) is 1.78. The van der Waals surface area contributed by atoms with Crippen LogP contribution < -0.4 is 10.6 Å². The van der Waals surface area contributed by atoms with Gasteiger partial charge in [-0.25, -0.2) is 0 Å². The number of benzene rings is 1. The Kier molecular flexibility index (Phi) is 5.28. The van der Waals surface area contributed by atoms with Crippen LogP contribution in [-0.4, -0.2) is 17.9 Å². The molecular formula is C14H20N2OS. The number of thiocarbonyl (C=S) groups is 1. The third kappa shape index (κ3) is 4.11. The van der Waals surface area contributed by atoms with Crippen molar-refractivity contribution in [3.63, 3.8) is 0 Å². The van der Waals surface area contributed by atoms with Crippen LogP contribution in [0.3, 0.4) is 0 Å². The van der Waals surface area contributed by atoms with Crippen molar-refractivity contribution < 1.29 is 4.79 Å². The number of carbonyl (C=O) groups excluding carboxylic acids is 1. The Hall–Kier alpha value is -1.42. The van der Waals surface area contributed by atoms with E-state index in [0.29, 0.717) is 17.3 Å². The summed E-state index contributed by atoms with van der Waals surface area (Å²) in [6.45, 7) is 4.22. The summed E-state index contributed by atoms with van der Waals surface area (Å²) in [5.74, 6) is 0.647. The molecule has 18 heavy (non-hydrogen) atoms. The van der Waals surface area contributed by atoms with Crippen LogP contribution in [0.5, 0.6) is 0 Å². The van der Waals surface area contributed by atoms with E-state index in [2.05, 4.69) is 13.8 Å². The maximum absolute atomic E-state index is 12.0. The Morgan fingerprint density at radius 1 is 1.44 bits per heavy atom. The Morgan fingerprint density at radius 3 is 2.67 bits per heavy atom. The molecule has 0 aromatic heterocycles. The number of nitrogens with two attached hydrogens (primary N) is 1. The molecule has 0 unspecified atom stereocenters. The summed E-state index contributed by atoms with van der Waals surface area (Å²) in [6, 6.07) is 7.43. The molecule has 0 saturated heterocycles. The van der Waals surface area contributed by atoms with Crippen molar-refractivity contribution in [2.24, 2.45) is 11.7 Å². The second-order valence-corrected chi connectivity index (χ2v) is 5.24. The predicted octanol–water partition coefficient (Wildman–Crippen LogP) is 2.72. The van der Waals surface area contributed by atoms with Crippen LogP contribution in [0.4, 0.5) is 5.69 Å². The predicted molar refractivity (Wildman–Crippen MR) is 79.8 cm³/mol.